The lowest BCUT2D eigenvalue weighted by atomic mass is 10.3. The van der Waals surface area contributed by atoms with Crippen LogP contribution in [0.25, 0.3) is 0 Å². The van der Waals surface area contributed by atoms with Crippen LogP contribution in [0.15, 0.2) is 6.07 Å². The Morgan fingerprint density at radius 3 is 2.89 bits per heavy atom. The summed E-state index contributed by atoms with van der Waals surface area (Å²) >= 11 is 1.96. The summed E-state index contributed by atoms with van der Waals surface area (Å²) in [5.41, 5.74) is 0. The number of hydrogen-bond donors (Lipinski definition) is 2. The van der Waals surface area contributed by atoms with E-state index >= 15 is 0 Å². The van der Waals surface area contributed by atoms with Gasteiger partial charge in [-0.2, -0.15) is 0 Å². The number of halogens is 2. The van der Waals surface area contributed by atoms with Crippen LogP contribution in [0.4, 0.5) is 16.0 Å². The first kappa shape index (κ1) is 14.7. The summed E-state index contributed by atoms with van der Waals surface area (Å²) in [6, 6.07) is 1.53. The molecular weight excluding hydrogens is 364 g/mol. The van der Waals surface area contributed by atoms with E-state index in [4.69, 9.17) is 9.84 Å². The van der Waals surface area contributed by atoms with Crippen LogP contribution in [0.5, 0.6) is 0 Å². The molecular formula is C12H17FIN3O2. The van der Waals surface area contributed by atoms with Crippen molar-refractivity contribution in [2.75, 3.05) is 43.1 Å². The number of aliphatic hydroxyl groups excluding tert-OH is 1. The molecule has 7 heteroatoms. The number of anilines is 2. The highest BCUT2D eigenvalue weighted by Gasteiger charge is 2.20. The number of nitrogens with one attached hydrogen (secondary N) is 1. The van der Waals surface area contributed by atoms with Crippen molar-refractivity contribution in [3.05, 3.63) is 15.5 Å². The summed E-state index contributed by atoms with van der Waals surface area (Å²) in [5, 5.41) is 12.1. The molecule has 0 radical (unpaired) electrons. The van der Waals surface area contributed by atoms with Crippen LogP contribution < -0.4 is 10.2 Å². The Morgan fingerprint density at radius 2 is 2.26 bits per heavy atom. The molecule has 19 heavy (non-hydrogen) atoms. The number of ether oxygens (including phenoxy) is 1. The summed E-state index contributed by atoms with van der Waals surface area (Å²) in [4.78, 5) is 6.20. The Kier molecular flexibility index (Phi) is 5.17. The fourth-order valence-corrected chi connectivity index (χ4v) is 2.38. The summed E-state index contributed by atoms with van der Waals surface area (Å²) in [6.07, 6.45) is 0. The van der Waals surface area contributed by atoms with Gasteiger partial charge in [-0.05, 0) is 35.6 Å². The number of aromatic nitrogens is 1. The molecule has 106 valence electrons. The number of morpholine rings is 1. The van der Waals surface area contributed by atoms with Crippen molar-refractivity contribution in [3.8, 4) is 0 Å². The second-order valence-corrected chi connectivity index (χ2v) is 5.62. The maximum absolute atomic E-state index is 14.2. The van der Waals surface area contributed by atoms with Gasteiger partial charge in [-0.3, -0.25) is 0 Å². The highest BCUT2D eigenvalue weighted by atomic mass is 127. The molecule has 0 saturated carbocycles. The Hall–Kier alpha value is -0.670. The van der Waals surface area contributed by atoms with E-state index in [-0.39, 0.29) is 18.5 Å². The molecule has 0 amide bonds. The van der Waals surface area contributed by atoms with Gasteiger partial charge in [-0.25, -0.2) is 9.37 Å². The molecule has 1 saturated heterocycles. The molecule has 2 heterocycles. The molecule has 1 aromatic heterocycles. The minimum absolute atomic E-state index is 0.00250. The minimum atomic E-state index is -0.301. The molecule has 1 atom stereocenters. The summed E-state index contributed by atoms with van der Waals surface area (Å²) in [7, 11) is 0. The quantitative estimate of drug-likeness (QED) is 0.774. The van der Waals surface area contributed by atoms with E-state index in [1.165, 1.54) is 0 Å². The van der Waals surface area contributed by atoms with E-state index in [9.17, 15) is 4.39 Å². The molecule has 1 fully saturated rings. The molecule has 0 aromatic carbocycles. The second-order valence-electron chi connectivity index (χ2n) is 4.45. The topological polar surface area (TPSA) is 57.6 Å². The number of pyridine rings is 1. The van der Waals surface area contributed by atoms with Gasteiger partial charge in [0.25, 0.3) is 0 Å². The van der Waals surface area contributed by atoms with Crippen LogP contribution in [0.3, 0.4) is 0 Å². The van der Waals surface area contributed by atoms with Crippen LogP contribution in [-0.4, -0.2) is 49.0 Å². The van der Waals surface area contributed by atoms with E-state index in [2.05, 4.69) is 10.3 Å². The van der Waals surface area contributed by atoms with Crippen LogP contribution >= 0.6 is 22.6 Å². The molecule has 1 aliphatic heterocycles. The average molecular weight is 381 g/mol. The number of nitrogens with zero attached hydrogens (tertiary/aromatic N) is 2. The van der Waals surface area contributed by atoms with Crippen LogP contribution in [0, 0.1) is 9.39 Å². The maximum Gasteiger partial charge on any atom is 0.179 e. The molecule has 1 aromatic rings. The minimum Gasteiger partial charge on any atom is -0.394 e. The summed E-state index contributed by atoms with van der Waals surface area (Å²) < 4.78 is 19.9. The van der Waals surface area contributed by atoms with E-state index in [1.54, 1.807) is 6.07 Å². The Balaban J connectivity index is 2.25. The van der Waals surface area contributed by atoms with Crippen LogP contribution in [-0.2, 0) is 4.74 Å². The van der Waals surface area contributed by atoms with Gasteiger partial charge < -0.3 is 20.1 Å². The molecule has 0 spiro atoms. The largest absolute Gasteiger partial charge is 0.394 e. The van der Waals surface area contributed by atoms with Gasteiger partial charge in [0.2, 0.25) is 0 Å². The molecule has 0 aliphatic carbocycles. The predicted octanol–water partition coefficient (Wildman–Crippen LogP) is 1.45. The molecule has 5 nitrogen and oxygen atoms in total. The van der Waals surface area contributed by atoms with Gasteiger partial charge in [0.15, 0.2) is 11.6 Å². The summed E-state index contributed by atoms with van der Waals surface area (Å²) in [5.74, 6) is 0.626. The van der Waals surface area contributed by atoms with Gasteiger partial charge in [0, 0.05) is 19.1 Å². The van der Waals surface area contributed by atoms with Gasteiger partial charge in [0.05, 0.1) is 23.4 Å². The van der Waals surface area contributed by atoms with E-state index in [1.807, 2.05) is 34.4 Å². The third-order valence-electron chi connectivity index (χ3n) is 2.87. The van der Waals surface area contributed by atoms with Crippen molar-refractivity contribution < 1.29 is 14.2 Å². The first-order chi connectivity index (χ1) is 9.11. The highest BCUT2D eigenvalue weighted by molar-refractivity contribution is 14.1. The lowest BCUT2D eigenvalue weighted by molar-refractivity contribution is 0.122. The van der Waals surface area contributed by atoms with E-state index in [0.717, 1.165) is 0 Å². The third-order valence-corrected chi connectivity index (χ3v) is 3.66. The zero-order valence-corrected chi connectivity index (χ0v) is 12.9. The standard InChI is InChI=1S/C12H17FIN3O2/c1-8(7-18)15-10-6-9(14)11(13)12(16-10)17-2-4-19-5-3-17/h6,8,18H,2-5,7H2,1H3,(H,15,16). The zero-order valence-electron chi connectivity index (χ0n) is 10.7. The predicted molar refractivity (Wildman–Crippen MR) is 80.1 cm³/mol. The fourth-order valence-electron chi connectivity index (χ4n) is 1.84. The van der Waals surface area contributed by atoms with Gasteiger partial charge in [0.1, 0.15) is 5.82 Å². The average Bonchev–Trinajstić information content (AvgIpc) is 2.43. The first-order valence-corrected chi connectivity index (χ1v) is 7.26. The SMILES string of the molecule is CC(CO)Nc1cc(I)c(F)c(N2CCOCC2)n1. The van der Waals surface area contributed by atoms with Crippen molar-refractivity contribution in [1.29, 1.82) is 0 Å². The molecule has 1 aliphatic rings. The van der Waals surface area contributed by atoms with Crippen molar-refractivity contribution in [1.82, 2.24) is 4.98 Å². The first-order valence-electron chi connectivity index (χ1n) is 6.18. The van der Waals surface area contributed by atoms with E-state index in [0.29, 0.717) is 41.5 Å². The fraction of sp³-hybridized carbons (Fsp3) is 0.583. The molecule has 2 rings (SSSR count). The number of hydrogen-bond acceptors (Lipinski definition) is 5. The third kappa shape index (κ3) is 3.67. The molecule has 2 N–H and O–H groups in total. The zero-order chi connectivity index (χ0) is 13.8. The summed E-state index contributed by atoms with van der Waals surface area (Å²) in [6.45, 7) is 4.29. The van der Waals surface area contributed by atoms with E-state index < -0.39 is 0 Å². The van der Waals surface area contributed by atoms with Gasteiger partial charge in [-0.1, -0.05) is 0 Å². The highest BCUT2D eigenvalue weighted by Crippen LogP contribution is 2.25. The Labute approximate surface area is 125 Å². The van der Waals surface area contributed by atoms with Gasteiger partial charge in [-0.15, -0.1) is 0 Å². The second kappa shape index (κ2) is 6.67. The Bertz CT molecular complexity index is 441. The lowest BCUT2D eigenvalue weighted by Crippen LogP contribution is -2.37. The maximum atomic E-state index is 14.2. The van der Waals surface area contributed by atoms with Crippen molar-refractivity contribution in [2.24, 2.45) is 0 Å². The van der Waals surface area contributed by atoms with Crippen LogP contribution in [0.1, 0.15) is 6.92 Å². The van der Waals surface area contributed by atoms with Crippen molar-refractivity contribution >= 4 is 34.2 Å². The van der Waals surface area contributed by atoms with Crippen molar-refractivity contribution in [2.45, 2.75) is 13.0 Å². The van der Waals surface area contributed by atoms with Crippen molar-refractivity contribution in [3.63, 3.8) is 0 Å². The van der Waals surface area contributed by atoms with Gasteiger partial charge >= 0.3 is 0 Å². The number of rotatable bonds is 4. The molecule has 0 bridgehead atoms. The molecule has 1 unspecified atom stereocenters. The number of aliphatic hydroxyl groups is 1. The smallest absolute Gasteiger partial charge is 0.179 e. The monoisotopic (exact) mass is 381 g/mol. The lowest BCUT2D eigenvalue weighted by Gasteiger charge is -2.28. The Morgan fingerprint density at radius 1 is 1.58 bits per heavy atom. The van der Waals surface area contributed by atoms with Crippen LogP contribution in [0.2, 0.25) is 0 Å². The normalized spacial score (nSPS) is 17.4.